The summed E-state index contributed by atoms with van der Waals surface area (Å²) in [6, 6.07) is 1.93. The molecule has 0 aliphatic carbocycles. The summed E-state index contributed by atoms with van der Waals surface area (Å²) in [5.41, 5.74) is 6.54. The van der Waals surface area contributed by atoms with Crippen LogP contribution in [0.1, 0.15) is 12.1 Å². The Kier molecular flexibility index (Phi) is 6.38. The van der Waals surface area contributed by atoms with Crippen LogP contribution in [0.25, 0.3) is 0 Å². The molecule has 18 heavy (non-hydrogen) atoms. The minimum atomic E-state index is 0.305. The van der Waals surface area contributed by atoms with Gasteiger partial charge in [-0.2, -0.15) is 4.98 Å². The van der Waals surface area contributed by atoms with Crippen LogP contribution in [-0.4, -0.2) is 50.5 Å². The molecule has 102 valence electrons. The summed E-state index contributed by atoms with van der Waals surface area (Å²) in [6.45, 7) is 4.91. The lowest BCUT2D eigenvalue weighted by Gasteiger charge is -2.23. The van der Waals surface area contributed by atoms with Gasteiger partial charge in [-0.3, -0.25) is 0 Å². The van der Waals surface area contributed by atoms with Gasteiger partial charge in [-0.15, -0.1) is 0 Å². The molecule has 2 N–H and O–H groups in total. The zero-order chi connectivity index (χ0) is 13.4. The van der Waals surface area contributed by atoms with Crippen LogP contribution in [0.2, 0.25) is 0 Å². The first-order chi connectivity index (χ1) is 8.67. The van der Waals surface area contributed by atoms with E-state index in [9.17, 15) is 0 Å². The average molecular weight is 254 g/mol. The fraction of sp³-hybridized carbons (Fsp3) is 0.667. The van der Waals surface area contributed by atoms with Gasteiger partial charge in [0, 0.05) is 45.7 Å². The lowest BCUT2D eigenvalue weighted by atomic mass is 10.3. The summed E-state index contributed by atoms with van der Waals surface area (Å²) < 4.78 is 10.2. The molecule has 0 aromatic carbocycles. The number of hydrogen-bond acceptors (Lipinski definition) is 6. The number of anilines is 2. The molecular formula is C12H22N4O2. The zero-order valence-corrected chi connectivity index (χ0v) is 11.3. The molecule has 0 aliphatic rings. The highest BCUT2D eigenvalue weighted by Gasteiger charge is 2.09. The smallest absolute Gasteiger partial charge is 0.222 e. The molecule has 0 bridgehead atoms. The van der Waals surface area contributed by atoms with Crippen molar-refractivity contribution < 1.29 is 9.47 Å². The molecular weight excluding hydrogens is 232 g/mol. The maximum Gasteiger partial charge on any atom is 0.222 e. The molecule has 0 aliphatic heterocycles. The van der Waals surface area contributed by atoms with Gasteiger partial charge < -0.3 is 20.1 Å². The number of methoxy groups -OCH3 is 2. The monoisotopic (exact) mass is 254 g/mol. The van der Waals surface area contributed by atoms with Crippen molar-refractivity contribution in [3.63, 3.8) is 0 Å². The number of aromatic nitrogens is 2. The van der Waals surface area contributed by atoms with E-state index in [4.69, 9.17) is 15.2 Å². The van der Waals surface area contributed by atoms with Gasteiger partial charge in [-0.25, -0.2) is 4.98 Å². The van der Waals surface area contributed by atoms with E-state index < -0.39 is 0 Å². The van der Waals surface area contributed by atoms with E-state index in [0.717, 1.165) is 37.6 Å². The predicted octanol–water partition coefficient (Wildman–Crippen LogP) is 0.857. The number of nitrogen functional groups attached to an aromatic ring is 1. The largest absolute Gasteiger partial charge is 0.385 e. The molecule has 0 radical (unpaired) electrons. The van der Waals surface area contributed by atoms with Gasteiger partial charge in [0.05, 0.1) is 6.61 Å². The third kappa shape index (κ3) is 4.85. The summed E-state index contributed by atoms with van der Waals surface area (Å²) in [5, 5.41) is 0. The van der Waals surface area contributed by atoms with Crippen LogP contribution in [-0.2, 0) is 9.47 Å². The molecule has 0 spiro atoms. The Morgan fingerprint density at radius 3 is 2.50 bits per heavy atom. The van der Waals surface area contributed by atoms with Crippen LogP contribution in [0.3, 0.4) is 0 Å². The summed E-state index contributed by atoms with van der Waals surface area (Å²) in [5.74, 6) is 1.15. The summed E-state index contributed by atoms with van der Waals surface area (Å²) in [4.78, 5) is 10.5. The number of aryl methyl sites for hydroxylation is 1. The van der Waals surface area contributed by atoms with Crippen LogP contribution in [0.4, 0.5) is 11.8 Å². The third-order valence-corrected chi connectivity index (χ3v) is 2.52. The zero-order valence-electron chi connectivity index (χ0n) is 11.3. The van der Waals surface area contributed by atoms with Crippen LogP contribution < -0.4 is 10.6 Å². The molecule has 1 heterocycles. The van der Waals surface area contributed by atoms with E-state index in [1.54, 1.807) is 14.2 Å². The second kappa shape index (κ2) is 7.84. The minimum absolute atomic E-state index is 0.305. The summed E-state index contributed by atoms with van der Waals surface area (Å²) in [7, 11) is 3.39. The predicted molar refractivity (Wildman–Crippen MR) is 71.8 cm³/mol. The molecule has 0 atom stereocenters. The highest BCUT2D eigenvalue weighted by atomic mass is 16.5. The van der Waals surface area contributed by atoms with Gasteiger partial charge in [-0.1, -0.05) is 0 Å². The van der Waals surface area contributed by atoms with Crippen molar-refractivity contribution in [3.8, 4) is 0 Å². The van der Waals surface area contributed by atoms with Gasteiger partial charge in [0.15, 0.2) is 0 Å². The Hall–Kier alpha value is -1.40. The number of nitrogens with two attached hydrogens (primary N) is 1. The lowest BCUT2D eigenvalue weighted by molar-refractivity contribution is 0.191. The fourth-order valence-electron chi connectivity index (χ4n) is 1.68. The molecule has 0 saturated carbocycles. The van der Waals surface area contributed by atoms with E-state index in [1.807, 2.05) is 13.0 Å². The van der Waals surface area contributed by atoms with Crippen molar-refractivity contribution in [2.45, 2.75) is 13.3 Å². The molecule has 6 nitrogen and oxygen atoms in total. The Morgan fingerprint density at radius 1 is 1.17 bits per heavy atom. The molecule has 0 unspecified atom stereocenters. The van der Waals surface area contributed by atoms with Gasteiger partial charge >= 0.3 is 0 Å². The Balaban J connectivity index is 2.72. The maximum atomic E-state index is 5.68. The van der Waals surface area contributed by atoms with Gasteiger partial charge in [0.1, 0.15) is 5.82 Å². The van der Waals surface area contributed by atoms with E-state index in [2.05, 4.69) is 14.9 Å². The molecule has 0 saturated heterocycles. The SMILES string of the molecule is COCCCN(CCOC)c1cc(C)nc(N)n1. The topological polar surface area (TPSA) is 73.5 Å². The van der Waals surface area contributed by atoms with Crippen molar-refractivity contribution in [2.24, 2.45) is 0 Å². The number of ether oxygens (including phenoxy) is 2. The molecule has 6 heteroatoms. The van der Waals surface area contributed by atoms with Crippen LogP contribution >= 0.6 is 0 Å². The Labute approximate surface area is 108 Å². The molecule has 1 rings (SSSR count). The normalized spacial score (nSPS) is 10.6. The summed E-state index contributed by atoms with van der Waals surface area (Å²) in [6.07, 6.45) is 0.934. The maximum absolute atomic E-state index is 5.68. The summed E-state index contributed by atoms with van der Waals surface area (Å²) >= 11 is 0. The average Bonchev–Trinajstić information content (AvgIpc) is 2.32. The number of hydrogen-bond donors (Lipinski definition) is 1. The van der Waals surface area contributed by atoms with Crippen molar-refractivity contribution in [1.29, 1.82) is 0 Å². The standard InChI is InChI=1S/C12H22N4O2/c1-10-9-11(15-12(13)14-10)16(6-8-18-3)5-4-7-17-2/h9H,4-8H2,1-3H3,(H2,13,14,15). The second-order valence-electron chi connectivity index (χ2n) is 4.05. The first-order valence-electron chi connectivity index (χ1n) is 6.01. The third-order valence-electron chi connectivity index (χ3n) is 2.52. The van der Waals surface area contributed by atoms with E-state index in [-0.39, 0.29) is 0 Å². The quantitative estimate of drug-likeness (QED) is 0.693. The second-order valence-corrected chi connectivity index (χ2v) is 4.05. The number of rotatable bonds is 8. The first-order valence-corrected chi connectivity index (χ1v) is 6.01. The van der Waals surface area contributed by atoms with Crippen LogP contribution in [0, 0.1) is 6.92 Å². The molecule has 0 amide bonds. The Bertz CT molecular complexity index is 340. The van der Waals surface area contributed by atoms with Gasteiger partial charge in [0.25, 0.3) is 0 Å². The van der Waals surface area contributed by atoms with Crippen LogP contribution in [0.5, 0.6) is 0 Å². The number of nitrogens with zero attached hydrogens (tertiary/aromatic N) is 3. The highest BCUT2D eigenvalue weighted by Crippen LogP contribution is 2.13. The Morgan fingerprint density at radius 2 is 1.89 bits per heavy atom. The van der Waals surface area contributed by atoms with E-state index in [1.165, 1.54) is 0 Å². The van der Waals surface area contributed by atoms with E-state index >= 15 is 0 Å². The molecule has 0 fully saturated rings. The molecule has 1 aromatic heterocycles. The minimum Gasteiger partial charge on any atom is -0.385 e. The van der Waals surface area contributed by atoms with E-state index in [0.29, 0.717) is 12.6 Å². The van der Waals surface area contributed by atoms with Gasteiger partial charge in [-0.05, 0) is 13.3 Å². The van der Waals surface area contributed by atoms with Crippen LogP contribution in [0.15, 0.2) is 6.07 Å². The van der Waals surface area contributed by atoms with Crippen molar-refractivity contribution >= 4 is 11.8 Å². The lowest BCUT2D eigenvalue weighted by Crippen LogP contribution is -2.30. The van der Waals surface area contributed by atoms with Crippen molar-refractivity contribution in [3.05, 3.63) is 11.8 Å². The highest BCUT2D eigenvalue weighted by molar-refractivity contribution is 5.43. The fourth-order valence-corrected chi connectivity index (χ4v) is 1.68. The van der Waals surface area contributed by atoms with Gasteiger partial charge in [0.2, 0.25) is 5.95 Å². The molecule has 1 aromatic rings. The van der Waals surface area contributed by atoms with Crippen molar-refractivity contribution in [2.75, 3.05) is 51.2 Å². The first kappa shape index (κ1) is 14.7. The van der Waals surface area contributed by atoms with Crippen molar-refractivity contribution in [1.82, 2.24) is 9.97 Å².